The Hall–Kier alpha value is -0.790. The first-order chi connectivity index (χ1) is 8.93. The summed E-state index contributed by atoms with van der Waals surface area (Å²) in [5, 5.41) is 12.7. The van der Waals surface area contributed by atoms with Crippen LogP contribution in [0, 0.1) is 10.6 Å². The van der Waals surface area contributed by atoms with Crippen molar-refractivity contribution in [2.45, 2.75) is 85.1 Å². The van der Waals surface area contributed by atoms with Gasteiger partial charge in [-0.25, -0.2) is 4.74 Å². The summed E-state index contributed by atoms with van der Waals surface area (Å²) in [5.41, 5.74) is 3.95. The Balaban J connectivity index is 2.32. The first kappa shape index (κ1) is 14.6. The van der Waals surface area contributed by atoms with E-state index in [9.17, 15) is 5.21 Å². The summed E-state index contributed by atoms with van der Waals surface area (Å²) in [6.45, 7) is 8.86. The minimum Gasteiger partial charge on any atom is -0.623 e. The van der Waals surface area contributed by atoms with Gasteiger partial charge in [-0.1, -0.05) is 25.8 Å². The van der Waals surface area contributed by atoms with Crippen LogP contribution in [0.4, 0.5) is 0 Å². The molecule has 0 aliphatic heterocycles. The van der Waals surface area contributed by atoms with Crippen molar-refractivity contribution in [3.8, 4) is 0 Å². The molecule has 0 aromatic carbocycles. The van der Waals surface area contributed by atoms with Crippen LogP contribution in [-0.4, -0.2) is 16.5 Å². The van der Waals surface area contributed by atoms with Gasteiger partial charge in [0.15, 0.2) is 11.8 Å². The summed E-state index contributed by atoms with van der Waals surface area (Å²) in [5.74, 6) is 0. The topological polar surface area (TPSA) is 26.1 Å². The van der Waals surface area contributed by atoms with Crippen LogP contribution >= 0.6 is 0 Å². The molecule has 2 heteroatoms. The van der Waals surface area contributed by atoms with Gasteiger partial charge in [0.05, 0.1) is 0 Å². The van der Waals surface area contributed by atoms with Gasteiger partial charge >= 0.3 is 0 Å². The highest BCUT2D eigenvalue weighted by Gasteiger charge is 2.34. The van der Waals surface area contributed by atoms with Gasteiger partial charge in [0.1, 0.15) is 0 Å². The maximum Gasteiger partial charge on any atom is 0.187 e. The first-order valence-electron chi connectivity index (χ1n) is 7.94. The van der Waals surface area contributed by atoms with Crippen molar-refractivity contribution in [1.82, 2.24) is 0 Å². The Kier molecular flexibility index (Phi) is 4.37. The van der Waals surface area contributed by atoms with Crippen LogP contribution in [0.15, 0.2) is 11.1 Å². The summed E-state index contributed by atoms with van der Waals surface area (Å²) in [6.07, 6.45) is 9.52. The zero-order chi connectivity index (χ0) is 14.0. The molecule has 2 nitrogen and oxygen atoms in total. The van der Waals surface area contributed by atoms with Crippen molar-refractivity contribution >= 4 is 5.71 Å². The van der Waals surface area contributed by atoms with Crippen LogP contribution in [0.2, 0.25) is 0 Å². The molecule has 19 heavy (non-hydrogen) atoms. The Morgan fingerprint density at radius 3 is 2.37 bits per heavy atom. The van der Waals surface area contributed by atoms with Crippen molar-refractivity contribution in [1.29, 1.82) is 0 Å². The van der Waals surface area contributed by atoms with Crippen LogP contribution in [0.5, 0.6) is 0 Å². The van der Waals surface area contributed by atoms with Gasteiger partial charge in [0.2, 0.25) is 0 Å². The molecule has 0 bridgehead atoms. The van der Waals surface area contributed by atoms with Gasteiger partial charge < -0.3 is 5.21 Å². The van der Waals surface area contributed by atoms with E-state index in [1.165, 1.54) is 48.0 Å². The standard InChI is InChI=1S/C17H29NO/c1-13-9-8-12-17(3,4)16(13)14(2)18(19)15-10-6-5-7-11-15/h15H,5-12H2,1-4H3/b18-14-. The first-order valence-corrected chi connectivity index (χ1v) is 7.94. The molecule has 0 atom stereocenters. The molecule has 0 radical (unpaired) electrons. The molecular weight excluding hydrogens is 234 g/mol. The lowest BCUT2D eigenvalue weighted by Crippen LogP contribution is -2.34. The number of rotatable bonds is 2. The largest absolute Gasteiger partial charge is 0.623 e. The molecule has 0 spiro atoms. The molecule has 0 saturated heterocycles. The van der Waals surface area contributed by atoms with Crippen LogP contribution in [-0.2, 0) is 0 Å². The van der Waals surface area contributed by atoms with Crippen molar-refractivity contribution in [3.63, 3.8) is 0 Å². The van der Waals surface area contributed by atoms with Gasteiger partial charge in [-0.15, -0.1) is 0 Å². The van der Waals surface area contributed by atoms with Crippen LogP contribution < -0.4 is 0 Å². The van der Waals surface area contributed by atoms with Crippen LogP contribution in [0.1, 0.15) is 79.1 Å². The predicted octanol–water partition coefficient (Wildman–Crippen LogP) is 4.82. The molecule has 2 aliphatic rings. The lowest BCUT2D eigenvalue weighted by atomic mass is 9.71. The lowest BCUT2D eigenvalue weighted by Gasteiger charge is -2.34. The molecule has 0 N–H and O–H groups in total. The van der Waals surface area contributed by atoms with Gasteiger partial charge in [0.25, 0.3) is 0 Å². The highest BCUT2D eigenvalue weighted by molar-refractivity contribution is 5.96. The molecule has 108 valence electrons. The number of nitrogens with zero attached hydrogens (tertiary/aromatic N) is 1. The van der Waals surface area contributed by atoms with E-state index >= 15 is 0 Å². The number of allylic oxidation sites excluding steroid dienone is 2. The summed E-state index contributed by atoms with van der Waals surface area (Å²) < 4.78 is 1.35. The quantitative estimate of drug-likeness (QED) is 0.304. The molecule has 0 aromatic heterocycles. The third-order valence-electron chi connectivity index (χ3n) is 5.06. The number of hydrogen-bond donors (Lipinski definition) is 0. The van der Waals surface area contributed by atoms with E-state index in [1.54, 1.807) is 0 Å². The second kappa shape index (κ2) is 5.68. The molecule has 0 amide bonds. The third-order valence-corrected chi connectivity index (χ3v) is 5.06. The normalized spacial score (nSPS) is 26.3. The van der Waals surface area contributed by atoms with E-state index in [2.05, 4.69) is 20.8 Å². The van der Waals surface area contributed by atoms with E-state index in [0.717, 1.165) is 25.0 Å². The minimum atomic E-state index is 0.170. The number of hydrogen-bond acceptors (Lipinski definition) is 1. The van der Waals surface area contributed by atoms with Crippen molar-refractivity contribution in [3.05, 3.63) is 16.4 Å². The van der Waals surface area contributed by atoms with E-state index in [-0.39, 0.29) is 11.5 Å². The Morgan fingerprint density at radius 1 is 1.16 bits per heavy atom. The molecule has 0 aromatic rings. The zero-order valence-electron chi connectivity index (χ0n) is 13.1. The van der Waals surface area contributed by atoms with Gasteiger partial charge in [0, 0.05) is 25.3 Å². The second-order valence-electron chi connectivity index (χ2n) is 7.10. The molecule has 0 heterocycles. The smallest absolute Gasteiger partial charge is 0.187 e. The van der Waals surface area contributed by atoms with E-state index in [0.29, 0.717) is 0 Å². The monoisotopic (exact) mass is 263 g/mol. The molecule has 1 saturated carbocycles. The molecule has 2 rings (SSSR count). The molecule has 2 aliphatic carbocycles. The lowest BCUT2D eigenvalue weighted by molar-refractivity contribution is -0.506. The highest BCUT2D eigenvalue weighted by Crippen LogP contribution is 2.41. The molecule has 1 fully saturated rings. The van der Waals surface area contributed by atoms with Crippen LogP contribution in [0.3, 0.4) is 0 Å². The summed E-state index contributed by atoms with van der Waals surface area (Å²) in [4.78, 5) is 0. The maximum absolute atomic E-state index is 12.7. The van der Waals surface area contributed by atoms with Crippen molar-refractivity contribution in [2.75, 3.05) is 0 Å². The fourth-order valence-corrected chi connectivity index (χ4v) is 4.12. The average molecular weight is 263 g/mol. The average Bonchev–Trinajstić information content (AvgIpc) is 2.37. The van der Waals surface area contributed by atoms with Gasteiger partial charge in [-0.2, -0.15) is 0 Å². The van der Waals surface area contributed by atoms with Crippen molar-refractivity contribution < 1.29 is 4.74 Å². The maximum atomic E-state index is 12.7. The summed E-state index contributed by atoms with van der Waals surface area (Å²) in [7, 11) is 0. The molecular formula is C17H29NO. The third kappa shape index (κ3) is 3.04. The highest BCUT2D eigenvalue weighted by atomic mass is 16.5. The SMILES string of the molecule is CC1=C(/C(C)=[N+](\[O-])C2CCCCC2)C(C)(C)CCC1. The minimum absolute atomic E-state index is 0.170. The fraction of sp³-hybridized carbons (Fsp3) is 0.824. The zero-order valence-corrected chi connectivity index (χ0v) is 13.1. The summed E-state index contributed by atoms with van der Waals surface area (Å²) >= 11 is 0. The fourth-order valence-electron chi connectivity index (χ4n) is 4.12. The van der Waals surface area contributed by atoms with E-state index < -0.39 is 0 Å². The summed E-state index contributed by atoms with van der Waals surface area (Å²) in [6, 6.07) is 0.228. The van der Waals surface area contributed by atoms with Crippen molar-refractivity contribution in [2.24, 2.45) is 5.41 Å². The Morgan fingerprint density at radius 2 is 1.79 bits per heavy atom. The van der Waals surface area contributed by atoms with Gasteiger partial charge in [-0.3, -0.25) is 0 Å². The predicted molar refractivity (Wildman–Crippen MR) is 81.5 cm³/mol. The van der Waals surface area contributed by atoms with E-state index in [4.69, 9.17) is 0 Å². The Labute approximate surface area is 118 Å². The van der Waals surface area contributed by atoms with Crippen LogP contribution in [0.25, 0.3) is 0 Å². The Bertz CT molecular complexity index is 397. The van der Waals surface area contributed by atoms with E-state index in [1.807, 2.05) is 6.92 Å². The molecule has 0 unspecified atom stereocenters. The number of hydroxylamine groups is 1. The van der Waals surface area contributed by atoms with Gasteiger partial charge in [-0.05, 0) is 44.4 Å². The second-order valence-corrected chi connectivity index (χ2v) is 7.10.